The molecule has 1 N–H and O–H groups in total. The van der Waals surface area contributed by atoms with Gasteiger partial charge in [-0.2, -0.15) is 0 Å². The Kier molecular flexibility index (Phi) is 4.85. The van der Waals surface area contributed by atoms with Crippen molar-refractivity contribution in [3.63, 3.8) is 0 Å². The number of nitrogens with zero attached hydrogens (tertiary/aromatic N) is 2. The molecule has 0 atom stereocenters. The summed E-state index contributed by atoms with van der Waals surface area (Å²) < 4.78 is 13.1. The zero-order valence-electron chi connectivity index (χ0n) is 10.8. The van der Waals surface area contributed by atoms with E-state index in [2.05, 4.69) is 29.4 Å². The largest absolute Gasteiger partial charge is 0.314 e. The van der Waals surface area contributed by atoms with Crippen LogP contribution in [0.2, 0.25) is 5.02 Å². The fraction of sp³-hybridized carbons (Fsp3) is 0.385. The van der Waals surface area contributed by atoms with Crippen LogP contribution in [0.25, 0.3) is 10.6 Å². The number of aromatic nitrogens is 2. The van der Waals surface area contributed by atoms with Gasteiger partial charge in [0, 0.05) is 24.6 Å². The van der Waals surface area contributed by atoms with Crippen LogP contribution in [0.15, 0.2) is 18.2 Å². The van der Waals surface area contributed by atoms with Crippen LogP contribution in [0.1, 0.15) is 18.9 Å². The smallest absolute Gasteiger partial charge is 0.147 e. The predicted molar refractivity (Wildman–Crippen MR) is 77.2 cm³/mol. The van der Waals surface area contributed by atoms with Gasteiger partial charge in [0.25, 0.3) is 0 Å². The molecule has 2 rings (SSSR count). The average molecular weight is 300 g/mol. The van der Waals surface area contributed by atoms with Gasteiger partial charge in [0.15, 0.2) is 0 Å². The lowest BCUT2D eigenvalue weighted by Gasteiger charge is -2.05. The van der Waals surface area contributed by atoms with E-state index in [1.165, 1.54) is 17.4 Å². The van der Waals surface area contributed by atoms with E-state index in [-0.39, 0.29) is 5.02 Å². The summed E-state index contributed by atoms with van der Waals surface area (Å²) in [5, 5.41) is 13.4. The van der Waals surface area contributed by atoms with Crippen LogP contribution in [0, 0.1) is 5.82 Å². The first kappa shape index (κ1) is 14.4. The van der Waals surface area contributed by atoms with Gasteiger partial charge in [0.05, 0.1) is 5.02 Å². The molecule has 102 valence electrons. The van der Waals surface area contributed by atoms with E-state index < -0.39 is 5.82 Å². The van der Waals surface area contributed by atoms with Crippen molar-refractivity contribution in [1.29, 1.82) is 0 Å². The zero-order valence-corrected chi connectivity index (χ0v) is 12.4. The first-order valence-corrected chi connectivity index (χ1v) is 7.27. The van der Waals surface area contributed by atoms with Crippen molar-refractivity contribution >= 4 is 22.9 Å². The molecule has 0 saturated carbocycles. The molecule has 0 spiro atoms. The molecule has 3 nitrogen and oxygen atoms in total. The number of benzene rings is 1. The summed E-state index contributed by atoms with van der Waals surface area (Å²) >= 11 is 7.27. The summed E-state index contributed by atoms with van der Waals surface area (Å²) in [6, 6.07) is 5.05. The van der Waals surface area contributed by atoms with E-state index in [1.54, 1.807) is 12.1 Å². The molecule has 1 aromatic heterocycles. The van der Waals surface area contributed by atoms with Gasteiger partial charge in [0.1, 0.15) is 15.8 Å². The van der Waals surface area contributed by atoms with E-state index in [1.807, 2.05) is 0 Å². The normalized spacial score (nSPS) is 11.2. The maximum Gasteiger partial charge on any atom is 0.147 e. The molecule has 19 heavy (non-hydrogen) atoms. The van der Waals surface area contributed by atoms with Crippen LogP contribution < -0.4 is 5.32 Å². The third-order valence-electron chi connectivity index (χ3n) is 2.52. The molecule has 0 saturated heterocycles. The standard InChI is InChI=1S/C13H15ClFN3S/c1-8(2)16-6-5-12-17-18-13(19-12)9-3-4-11(15)10(14)7-9/h3-4,7-8,16H,5-6H2,1-2H3. The molecule has 2 aromatic rings. The molecule has 0 amide bonds. The fourth-order valence-corrected chi connectivity index (χ4v) is 2.58. The van der Waals surface area contributed by atoms with Crippen LogP contribution >= 0.6 is 22.9 Å². The first-order valence-electron chi connectivity index (χ1n) is 6.07. The van der Waals surface area contributed by atoms with Gasteiger partial charge >= 0.3 is 0 Å². The second kappa shape index (κ2) is 6.41. The predicted octanol–water partition coefficient (Wildman–Crippen LogP) is 3.54. The van der Waals surface area contributed by atoms with E-state index >= 15 is 0 Å². The Labute approximate surface area is 120 Å². The van der Waals surface area contributed by atoms with Crippen LogP contribution in [-0.4, -0.2) is 22.8 Å². The summed E-state index contributed by atoms with van der Waals surface area (Å²) in [5.74, 6) is -0.420. The van der Waals surface area contributed by atoms with Gasteiger partial charge in [0.2, 0.25) is 0 Å². The van der Waals surface area contributed by atoms with Gasteiger partial charge < -0.3 is 5.32 Å². The second-order valence-electron chi connectivity index (χ2n) is 4.49. The molecule has 0 bridgehead atoms. The van der Waals surface area contributed by atoms with Crippen molar-refractivity contribution in [2.24, 2.45) is 0 Å². The van der Waals surface area contributed by atoms with Gasteiger partial charge in [-0.05, 0) is 18.2 Å². The van der Waals surface area contributed by atoms with Gasteiger partial charge in [-0.3, -0.25) is 0 Å². The maximum atomic E-state index is 13.1. The highest BCUT2D eigenvalue weighted by Crippen LogP contribution is 2.27. The molecule has 0 aliphatic rings. The quantitative estimate of drug-likeness (QED) is 0.917. The van der Waals surface area contributed by atoms with Crippen LogP contribution in [-0.2, 0) is 6.42 Å². The maximum absolute atomic E-state index is 13.1. The van der Waals surface area contributed by atoms with Crippen molar-refractivity contribution < 1.29 is 4.39 Å². The lowest BCUT2D eigenvalue weighted by molar-refractivity contribution is 0.588. The summed E-state index contributed by atoms with van der Waals surface area (Å²) in [6.07, 6.45) is 0.838. The van der Waals surface area contributed by atoms with Crippen molar-refractivity contribution in [3.8, 4) is 10.6 Å². The molecular weight excluding hydrogens is 285 g/mol. The van der Waals surface area contributed by atoms with E-state index in [0.29, 0.717) is 6.04 Å². The van der Waals surface area contributed by atoms with Crippen LogP contribution in [0.4, 0.5) is 4.39 Å². The fourth-order valence-electron chi connectivity index (χ4n) is 1.57. The summed E-state index contributed by atoms with van der Waals surface area (Å²) in [5.41, 5.74) is 0.798. The van der Waals surface area contributed by atoms with Crippen molar-refractivity contribution in [3.05, 3.63) is 34.0 Å². The monoisotopic (exact) mass is 299 g/mol. The Bertz CT molecular complexity index is 557. The van der Waals surface area contributed by atoms with Crippen molar-refractivity contribution in [1.82, 2.24) is 15.5 Å². The third-order valence-corrected chi connectivity index (χ3v) is 3.85. The minimum atomic E-state index is -0.420. The van der Waals surface area contributed by atoms with E-state index in [4.69, 9.17) is 11.6 Å². The van der Waals surface area contributed by atoms with Crippen LogP contribution in [0.5, 0.6) is 0 Å². The minimum Gasteiger partial charge on any atom is -0.314 e. The molecule has 1 aromatic carbocycles. The number of hydrogen-bond acceptors (Lipinski definition) is 4. The third kappa shape index (κ3) is 3.96. The highest BCUT2D eigenvalue weighted by atomic mass is 35.5. The Hall–Kier alpha value is -1.04. The zero-order chi connectivity index (χ0) is 13.8. The van der Waals surface area contributed by atoms with Gasteiger partial charge in [-0.15, -0.1) is 10.2 Å². The van der Waals surface area contributed by atoms with E-state index in [9.17, 15) is 4.39 Å². The first-order chi connectivity index (χ1) is 9.06. The highest BCUT2D eigenvalue weighted by Gasteiger charge is 2.09. The number of halogens is 2. The minimum absolute atomic E-state index is 0.107. The van der Waals surface area contributed by atoms with Crippen LogP contribution in [0.3, 0.4) is 0 Å². The Morgan fingerprint density at radius 3 is 2.84 bits per heavy atom. The highest BCUT2D eigenvalue weighted by molar-refractivity contribution is 7.14. The summed E-state index contributed by atoms with van der Waals surface area (Å²) in [4.78, 5) is 0. The molecule has 1 heterocycles. The molecular formula is C13H15ClFN3S. The lowest BCUT2D eigenvalue weighted by atomic mass is 10.2. The molecule has 0 aliphatic heterocycles. The Morgan fingerprint density at radius 2 is 2.16 bits per heavy atom. The average Bonchev–Trinajstić information content (AvgIpc) is 2.81. The second-order valence-corrected chi connectivity index (χ2v) is 5.96. The number of hydrogen-bond donors (Lipinski definition) is 1. The lowest BCUT2D eigenvalue weighted by Crippen LogP contribution is -2.24. The SMILES string of the molecule is CC(C)NCCc1nnc(-c2ccc(F)c(Cl)c2)s1. The van der Waals surface area contributed by atoms with Gasteiger partial charge in [-0.1, -0.05) is 36.8 Å². The topological polar surface area (TPSA) is 37.8 Å². The van der Waals surface area contributed by atoms with Crippen molar-refractivity contribution in [2.75, 3.05) is 6.54 Å². The molecule has 0 unspecified atom stereocenters. The summed E-state index contributed by atoms with van der Waals surface area (Å²) in [7, 11) is 0. The molecule has 0 radical (unpaired) electrons. The number of nitrogens with one attached hydrogen (secondary N) is 1. The van der Waals surface area contributed by atoms with Crippen molar-refractivity contribution in [2.45, 2.75) is 26.3 Å². The Balaban J connectivity index is 2.05. The van der Waals surface area contributed by atoms with Gasteiger partial charge in [-0.25, -0.2) is 4.39 Å². The molecule has 0 aliphatic carbocycles. The molecule has 6 heteroatoms. The van der Waals surface area contributed by atoms with E-state index in [0.717, 1.165) is 28.5 Å². The number of rotatable bonds is 5. The molecule has 0 fully saturated rings. The summed E-state index contributed by atoms with van der Waals surface area (Å²) in [6.45, 7) is 5.08. The Morgan fingerprint density at radius 1 is 1.37 bits per heavy atom.